The van der Waals surface area contributed by atoms with Gasteiger partial charge in [-0.25, -0.2) is 0 Å². The Morgan fingerprint density at radius 2 is 2.00 bits per heavy atom. The molecule has 1 atom stereocenters. The summed E-state index contributed by atoms with van der Waals surface area (Å²) in [6, 6.07) is 4.98. The van der Waals surface area contributed by atoms with Crippen molar-refractivity contribution in [2.45, 2.75) is 40.2 Å². The van der Waals surface area contributed by atoms with Crippen molar-refractivity contribution in [1.29, 1.82) is 0 Å². The van der Waals surface area contributed by atoms with E-state index in [9.17, 15) is 15.2 Å². The van der Waals surface area contributed by atoms with Crippen molar-refractivity contribution in [3.05, 3.63) is 39.4 Å². The SMILES string of the molecule is Cc1cccc([N+](=O)[O-])c1CC(O)C(C)(C)C. The molecule has 0 aliphatic rings. The van der Waals surface area contributed by atoms with E-state index >= 15 is 0 Å². The molecule has 4 nitrogen and oxygen atoms in total. The van der Waals surface area contributed by atoms with Gasteiger partial charge in [0.1, 0.15) is 0 Å². The molecule has 0 amide bonds. The van der Waals surface area contributed by atoms with Crippen molar-refractivity contribution in [2.24, 2.45) is 5.41 Å². The van der Waals surface area contributed by atoms with Gasteiger partial charge in [0, 0.05) is 18.1 Å². The molecule has 0 saturated heterocycles. The second kappa shape index (κ2) is 4.84. The quantitative estimate of drug-likeness (QED) is 0.649. The number of nitro groups is 1. The molecule has 0 fully saturated rings. The maximum Gasteiger partial charge on any atom is 0.272 e. The highest BCUT2D eigenvalue weighted by Gasteiger charge is 2.26. The summed E-state index contributed by atoms with van der Waals surface area (Å²) in [6.45, 7) is 7.59. The molecule has 4 heteroatoms. The summed E-state index contributed by atoms with van der Waals surface area (Å²) >= 11 is 0. The number of nitrogens with zero attached hydrogens (tertiary/aromatic N) is 1. The molecule has 0 aliphatic heterocycles. The second-order valence-electron chi connectivity index (χ2n) is 5.42. The van der Waals surface area contributed by atoms with Crippen LogP contribution < -0.4 is 0 Å². The molecule has 0 aromatic heterocycles. The Morgan fingerprint density at radius 3 is 2.47 bits per heavy atom. The van der Waals surface area contributed by atoms with Crippen molar-refractivity contribution in [3.8, 4) is 0 Å². The van der Waals surface area contributed by atoms with Crippen LogP contribution in [0.4, 0.5) is 5.69 Å². The Bertz CT molecular complexity index is 421. The molecule has 0 saturated carbocycles. The Morgan fingerprint density at radius 1 is 1.41 bits per heavy atom. The zero-order valence-corrected chi connectivity index (χ0v) is 10.7. The number of aryl methyl sites for hydroxylation is 1. The third kappa shape index (κ3) is 3.27. The molecule has 0 radical (unpaired) electrons. The molecule has 0 spiro atoms. The minimum Gasteiger partial charge on any atom is -0.392 e. The summed E-state index contributed by atoms with van der Waals surface area (Å²) in [5.74, 6) is 0. The van der Waals surface area contributed by atoms with Gasteiger partial charge in [0.05, 0.1) is 11.0 Å². The molecule has 17 heavy (non-hydrogen) atoms. The Kier molecular flexibility index (Phi) is 3.88. The van der Waals surface area contributed by atoms with Gasteiger partial charge in [-0.1, -0.05) is 32.9 Å². The lowest BCUT2D eigenvalue weighted by Gasteiger charge is -2.26. The molecule has 0 aliphatic carbocycles. The first-order chi connectivity index (χ1) is 7.73. The van der Waals surface area contributed by atoms with Crippen molar-refractivity contribution in [3.63, 3.8) is 0 Å². The van der Waals surface area contributed by atoms with Crippen LogP contribution in [0.5, 0.6) is 0 Å². The molecule has 0 heterocycles. The van der Waals surface area contributed by atoms with E-state index in [1.165, 1.54) is 6.07 Å². The third-order valence-corrected chi connectivity index (χ3v) is 2.98. The van der Waals surface area contributed by atoms with Crippen LogP contribution in [0.2, 0.25) is 0 Å². The van der Waals surface area contributed by atoms with E-state index in [1.54, 1.807) is 6.07 Å². The monoisotopic (exact) mass is 237 g/mol. The van der Waals surface area contributed by atoms with Gasteiger partial charge in [0.2, 0.25) is 0 Å². The van der Waals surface area contributed by atoms with E-state index in [0.29, 0.717) is 12.0 Å². The molecule has 1 unspecified atom stereocenters. The van der Waals surface area contributed by atoms with E-state index in [0.717, 1.165) is 5.56 Å². The first-order valence-corrected chi connectivity index (χ1v) is 5.64. The molecule has 1 N–H and O–H groups in total. The smallest absolute Gasteiger partial charge is 0.272 e. The van der Waals surface area contributed by atoms with Gasteiger partial charge in [-0.2, -0.15) is 0 Å². The first kappa shape index (κ1) is 13.6. The number of benzene rings is 1. The fourth-order valence-corrected chi connectivity index (χ4v) is 1.62. The molecule has 1 aromatic rings. The van der Waals surface area contributed by atoms with Crippen LogP contribution in [0.3, 0.4) is 0 Å². The molecule has 1 aromatic carbocycles. The van der Waals surface area contributed by atoms with Crippen LogP contribution >= 0.6 is 0 Å². The number of nitro benzene ring substituents is 1. The number of hydrogen-bond donors (Lipinski definition) is 1. The maximum absolute atomic E-state index is 10.9. The minimum absolute atomic E-state index is 0.0910. The second-order valence-corrected chi connectivity index (χ2v) is 5.42. The van der Waals surface area contributed by atoms with Crippen molar-refractivity contribution in [1.82, 2.24) is 0 Å². The summed E-state index contributed by atoms with van der Waals surface area (Å²) in [7, 11) is 0. The third-order valence-electron chi connectivity index (χ3n) is 2.98. The van der Waals surface area contributed by atoms with Crippen LogP contribution in [0.15, 0.2) is 18.2 Å². The van der Waals surface area contributed by atoms with Gasteiger partial charge in [-0.05, 0) is 17.9 Å². The topological polar surface area (TPSA) is 63.4 Å². The van der Waals surface area contributed by atoms with E-state index < -0.39 is 11.0 Å². The van der Waals surface area contributed by atoms with Crippen LogP contribution in [0.25, 0.3) is 0 Å². The number of rotatable bonds is 3. The highest BCUT2D eigenvalue weighted by molar-refractivity contribution is 5.45. The maximum atomic E-state index is 10.9. The summed E-state index contributed by atoms with van der Waals surface area (Å²) in [5.41, 5.74) is 1.28. The Labute approximate surface area is 101 Å². The van der Waals surface area contributed by atoms with E-state index in [4.69, 9.17) is 0 Å². The van der Waals surface area contributed by atoms with Gasteiger partial charge in [-0.15, -0.1) is 0 Å². The Hall–Kier alpha value is -1.42. The molecule has 0 bridgehead atoms. The number of aliphatic hydroxyl groups excluding tert-OH is 1. The molecule has 1 rings (SSSR count). The molecular weight excluding hydrogens is 218 g/mol. The minimum atomic E-state index is -0.595. The lowest BCUT2D eigenvalue weighted by Crippen LogP contribution is -2.28. The zero-order valence-electron chi connectivity index (χ0n) is 10.7. The molecular formula is C13H19NO3. The van der Waals surface area contributed by atoms with E-state index in [1.807, 2.05) is 33.8 Å². The van der Waals surface area contributed by atoms with Crippen LogP contribution in [-0.2, 0) is 6.42 Å². The summed E-state index contributed by atoms with van der Waals surface area (Å²) in [5, 5.41) is 21.0. The average Bonchev–Trinajstić information content (AvgIpc) is 2.18. The number of hydrogen-bond acceptors (Lipinski definition) is 3. The van der Waals surface area contributed by atoms with Crippen molar-refractivity contribution in [2.75, 3.05) is 0 Å². The van der Waals surface area contributed by atoms with Crippen molar-refractivity contribution < 1.29 is 10.0 Å². The summed E-state index contributed by atoms with van der Waals surface area (Å²) < 4.78 is 0. The lowest BCUT2D eigenvalue weighted by molar-refractivity contribution is -0.385. The van der Waals surface area contributed by atoms with Crippen LogP contribution in [-0.4, -0.2) is 16.1 Å². The van der Waals surface area contributed by atoms with Gasteiger partial charge >= 0.3 is 0 Å². The predicted molar refractivity (Wildman–Crippen MR) is 67.0 cm³/mol. The van der Waals surface area contributed by atoms with Gasteiger partial charge in [0.25, 0.3) is 5.69 Å². The van der Waals surface area contributed by atoms with Gasteiger partial charge < -0.3 is 5.11 Å². The Balaban J connectivity index is 3.09. The predicted octanol–water partition coefficient (Wildman–Crippen LogP) is 2.85. The fraction of sp³-hybridized carbons (Fsp3) is 0.538. The van der Waals surface area contributed by atoms with Gasteiger partial charge in [-0.3, -0.25) is 10.1 Å². The van der Waals surface area contributed by atoms with Crippen molar-refractivity contribution >= 4 is 5.69 Å². The van der Waals surface area contributed by atoms with Crippen LogP contribution in [0, 0.1) is 22.5 Å². The lowest BCUT2D eigenvalue weighted by atomic mass is 9.84. The summed E-state index contributed by atoms with van der Waals surface area (Å²) in [6.07, 6.45) is -0.283. The summed E-state index contributed by atoms with van der Waals surface area (Å²) in [4.78, 5) is 10.5. The fourth-order valence-electron chi connectivity index (χ4n) is 1.62. The highest BCUT2D eigenvalue weighted by Crippen LogP contribution is 2.28. The van der Waals surface area contributed by atoms with Crippen LogP contribution in [0.1, 0.15) is 31.9 Å². The highest BCUT2D eigenvalue weighted by atomic mass is 16.6. The largest absolute Gasteiger partial charge is 0.392 e. The average molecular weight is 237 g/mol. The zero-order chi connectivity index (χ0) is 13.2. The van der Waals surface area contributed by atoms with E-state index in [2.05, 4.69) is 0 Å². The standard InChI is InChI=1S/C13H19NO3/c1-9-6-5-7-11(14(16)17)10(9)8-12(15)13(2,3)4/h5-7,12,15H,8H2,1-4H3. The normalized spacial score (nSPS) is 13.5. The molecule has 94 valence electrons. The van der Waals surface area contributed by atoms with E-state index in [-0.39, 0.29) is 11.1 Å². The van der Waals surface area contributed by atoms with Gasteiger partial charge in [0.15, 0.2) is 0 Å². The number of aliphatic hydroxyl groups is 1. The first-order valence-electron chi connectivity index (χ1n) is 5.64.